The van der Waals surface area contributed by atoms with Gasteiger partial charge in [0, 0.05) is 40.2 Å². The summed E-state index contributed by atoms with van der Waals surface area (Å²) in [4.78, 5) is 70.9. The largest absolute Gasteiger partial charge is 0.496 e. The zero-order valence-electron chi connectivity index (χ0n) is 43.4. The first-order chi connectivity index (χ1) is 37.9. The number of esters is 2. The van der Waals surface area contributed by atoms with Crippen molar-refractivity contribution in [3.05, 3.63) is 209 Å². The molecule has 78 heavy (non-hydrogen) atoms. The van der Waals surface area contributed by atoms with Crippen LogP contribution in [0.15, 0.2) is 170 Å². The second-order valence-electron chi connectivity index (χ2n) is 16.6. The van der Waals surface area contributed by atoms with Crippen LogP contribution in [0.1, 0.15) is 62.9 Å². The summed E-state index contributed by atoms with van der Waals surface area (Å²) in [5, 5.41) is 0. The van der Waals surface area contributed by atoms with Gasteiger partial charge >= 0.3 is 11.9 Å². The zero-order valence-corrected chi connectivity index (χ0v) is 43.4. The van der Waals surface area contributed by atoms with Gasteiger partial charge in [0.25, 0.3) is 11.8 Å². The summed E-state index contributed by atoms with van der Waals surface area (Å²) >= 11 is 0. The molecule has 0 saturated heterocycles. The van der Waals surface area contributed by atoms with E-state index in [9.17, 15) is 24.0 Å². The van der Waals surface area contributed by atoms with Crippen molar-refractivity contribution in [1.29, 1.82) is 0 Å². The first-order valence-corrected chi connectivity index (χ1v) is 23.8. The Balaban J connectivity index is 0.934. The van der Waals surface area contributed by atoms with Gasteiger partial charge in [0.1, 0.15) is 28.7 Å². The highest BCUT2D eigenvalue weighted by atomic mass is 16.5. The van der Waals surface area contributed by atoms with Gasteiger partial charge in [-0.1, -0.05) is 48.2 Å². The molecule has 392 valence electrons. The first kappa shape index (κ1) is 53.8. The fourth-order valence-corrected chi connectivity index (χ4v) is 8.17. The number of aldehydes is 1. The fourth-order valence-electron chi connectivity index (χ4n) is 8.17. The second kappa shape index (κ2) is 24.7. The Kier molecular flexibility index (Phi) is 17.0. The lowest BCUT2D eigenvalue weighted by Gasteiger charge is -2.26. The van der Waals surface area contributed by atoms with E-state index in [0.29, 0.717) is 46.0 Å². The van der Waals surface area contributed by atoms with Crippen LogP contribution < -0.4 is 52.4 Å². The van der Waals surface area contributed by atoms with Crippen molar-refractivity contribution in [2.75, 3.05) is 59.6 Å². The molecule has 0 aliphatic rings. The Morgan fingerprint density at radius 1 is 0.385 bits per heavy atom. The zero-order chi connectivity index (χ0) is 55.3. The Hall–Kier alpha value is -10.5. The molecule has 0 aromatic heterocycles. The highest BCUT2D eigenvalue weighted by Crippen LogP contribution is 2.42. The smallest absolute Gasteiger partial charge is 0.343 e. The molecule has 0 heterocycles. The molecule has 0 radical (unpaired) electrons. The molecule has 0 saturated carbocycles. The average Bonchev–Trinajstić information content (AvgIpc) is 3.55. The quantitative estimate of drug-likeness (QED) is 0.0343. The molecule has 8 aromatic rings. The van der Waals surface area contributed by atoms with Gasteiger partial charge in [0.15, 0.2) is 29.3 Å². The van der Waals surface area contributed by atoms with Crippen LogP contribution in [0.2, 0.25) is 0 Å². The maximum absolute atomic E-state index is 14.5. The molecule has 8 rings (SSSR count). The first-order valence-electron chi connectivity index (χ1n) is 23.8. The highest BCUT2D eigenvalue weighted by molar-refractivity contribution is 6.16. The standard InChI is InChI=1S/C62H50N2O14/c1-70-52-37-58(76-7)57(75-6)36-49(52)60(67)64(45-16-12-9-13-17-45)51-31-25-42(33-54(51)72-3)62(69)78-47-28-22-40(23-29-47)19-18-39-20-26-46(27-21-39)77-61(68)41-24-30-50(53(32-41)71-2)63(44-14-10-8-11-15-44)59(66)48-35-56(74-5)55(73-4)34-43(48)38-65/h8-17,20-38H,1-7H3. The van der Waals surface area contributed by atoms with E-state index in [1.807, 2.05) is 6.07 Å². The lowest BCUT2D eigenvalue weighted by Crippen LogP contribution is -2.27. The molecule has 0 fully saturated rings. The number of amides is 2. The number of rotatable bonds is 18. The molecule has 0 aliphatic heterocycles. The maximum atomic E-state index is 14.5. The Morgan fingerprint density at radius 3 is 1.15 bits per heavy atom. The highest BCUT2D eigenvalue weighted by Gasteiger charge is 2.30. The number of anilines is 4. The van der Waals surface area contributed by atoms with Crippen molar-refractivity contribution < 1.29 is 66.6 Å². The van der Waals surface area contributed by atoms with Crippen LogP contribution in [0, 0.1) is 11.8 Å². The number of methoxy groups -OCH3 is 7. The van der Waals surface area contributed by atoms with E-state index in [2.05, 4.69) is 11.8 Å². The predicted octanol–water partition coefficient (Wildman–Crippen LogP) is 11.4. The van der Waals surface area contributed by atoms with E-state index < -0.39 is 23.8 Å². The van der Waals surface area contributed by atoms with Crippen LogP contribution in [-0.2, 0) is 0 Å². The van der Waals surface area contributed by atoms with E-state index in [0.717, 1.165) is 0 Å². The monoisotopic (exact) mass is 1050 g/mol. The number of benzene rings is 8. The van der Waals surface area contributed by atoms with Crippen molar-refractivity contribution in [2.24, 2.45) is 0 Å². The van der Waals surface area contributed by atoms with Crippen molar-refractivity contribution >= 4 is 52.8 Å². The molecule has 8 aromatic carbocycles. The Bertz CT molecular complexity index is 3570. The van der Waals surface area contributed by atoms with Gasteiger partial charge in [-0.05, 0) is 121 Å². The maximum Gasteiger partial charge on any atom is 0.343 e. The molecule has 0 aliphatic carbocycles. The fraction of sp³-hybridized carbons (Fsp3) is 0.113. The number of nitrogens with zero attached hydrogens (tertiary/aromatic N) is 2. The normalized spacial score (nSPS) is 10.4. The van der Waals surface area contributed by atoms with Gasteiger partial charge in [-0.25, -0.2) is 9.59 Å². The molecule has 0 spiro atoms. The van der Waals surface area contributed by atoms with Crippen molar-refractivity contribution in [1.82, 2.24) is 0 Å². The number of carbonyl (C=O) groups is 5. The van der Waals surface area contributed by atoms with Crippen LogP contribution >= 0.6 is 0 Å². The van der Waals surface area contributed by atoms with Crippen LogP contribution in [-0.4, -0.2) is 79.8 Å². The molecule has 0 bridgehead atoms. The number of para-hydroxylation sites is 2. The molecule has 16 heteroatoms. The Labute approximate surface area is 449 Å². The van der Waals surface area contributed by atoms with E-state index in [1.165, 1.54) is 102 Å². The van der Waals surface area contributed by atoms with Gasteiger partial charge in [-0.2, -0.15) is 0 Å². The number of carbonyl (C=O) groups excluding carboxylic acids is 5. The van der Waals surface area contributed by atoms with Crippen LogP contribution in [0.4, 0.5) is 22.7 Å². The van der Waals surface area contributed by atoms with E-state index >= 15 is 0 Å². The number of hydrogen-bond donors (Lipinski definition) is 0. The minimum atomic E-state index is -0.689. The molecular formula is C62H50N2O14. The van der Waals surface area contributed by atoms with E-state index in [-0.39, 0.29) is 73.8 Å². The second-order valence-corrected chi connectivity index (χ2v) is 16.6. The van der Waals surface area contributed by atoms with Gasteiger partial charge < -0.3 is 42.6 Å². The average molecular weight is 1050 g/mol. The molecule has 0 N–H and O–H groups in total. The Morgan fingerprint density at radius 2 is 0.756 bits per heavy atom. The molecule has 16 nitrogen and oxygen atoms in total. The summed E-state index contributed by atoms with van der Waals surface area (Å²) in [5.41, 5.74) is 3.49. The van der Waals surface area contributed by atoms with Crippen LogP contribution in [0.5, 0.6) is 51.7 Å². The van der Waals surface area contributed by atoms with Gasteiger partial charge in [-0.3, -0.25) is 24.2 Å². The summed E-state index contributed by atoms with van der Waals surface area (Å²) in [6, 6.07) is 46.1. The van der Waals surface area contributed by atoms with Crippen LogP contribution in [0.3, 0.4) is 0 Å². The summed E-state index contributed by atoms with van der Waals surface area (Å²) in [7, 11) is 10.1. The molecular weight excluding hydrogens is 997 g/mol. The van der Waals surface area contributed by atoms with E-state index in [1.54, 1.807) is 121 Å². The SMILES string of the molecule is COc1cc(C=O)c(C(=O)N(c2ccccc2)c2ccc(C(=O)Oc3ccc(C#Cc4ccc(OC(=O)c5ccc(N(C(=O)c6cc(OC)c(OC)cc6OC)c6ccccc6)c(OC)c5)cc4)cc3)cc2OC)cc1OC. The molecule has 2 amide bonds. The van der Waals surface area contributed by atoms with Crippen molar-refractivity contribution in [2.45, 2.75) is 0 Å². The molecule has 0 atom stereocenters. The topological polar surface area (TPSA) is 175 Å². The van der Waals surface area contributed by atoms with Crippen molar-refractivity contribution in [3.8, 4) is 63.6 Å². The lowest BCUT2D eigenvalue weighted by atomic mass is 10.0. The van der Waals surface area contributed by atoms with Gasteiger partial charge in [0.2, 0.25) is 0 Å². The third-order valence-electron chi connectivity index (χ3n) is 12.1. The van der Waals surface area contributed by atoms with E-state index in [4.69, 9.17) is 42.6 Å². The van der Waals surface area contributed by atoms with Crippen LogP contribution in [0.25, 0.3) is 0 Å². The summed E-state index contributed by atoms with van der Waals surface area (Å²) < 4.78 is 50.2. The summed E-state index contributed by atoms with van der Waals surface area (Å²) in [5.74, 6) is 6.17. The number of ether oxygens (including phenoxy) is 9. The minimum absolute atomic E-state index is 0.0456. The third kappa shape index (κ3) is 11.7. The third-order valence-corrected chi connectivity index (χ3v) is 12.1. The van der Waals surface area contributed by atoms with Gasteiger partial charge in [-0.15, -0.1) is 0 Å². The number of hydrogen-bond acceptors (Lipinski definition) is 14. The van der Waals surface area contributed by atoms with Gasteiger partial charge in [0.05, 0.1) is 83.4 Å². The predicted molar refractivity (Wildman–Crippen MR) is 292 cm³/mol. The molecule has 0 unspecified atom stereocenters. The minimum Gasteiger partial charge on any atom is -0.496 e. The lowest BCUT2D eigenvalue weighted by molar-refractivity contribution is 0.0725. The summed E-state index contributed by atoms with van der Waals surface area (Å²) in [6.07, 6.45) is 0.562. The summed E-state index contributed by atoms with van der Waals surface area (Å²) in [6.45, 7) is 0. The van der Waals surface area contributed by atoms with Crippen molar-refractivity contribution in [3.63, 3.8) is 0 Å².